The molecule has 0 rings (SSSR count). The van der Waals surface area contributed by atoms with Crippen LogP contribution in [-0.2, 0) is 0 Å². The van der Waals surface area contributed by atoms with E-state index in [0.717, 1.165) is 19.3 Å². The Balaban J connectivity index is 3.07. The number of hydrogen-bond acceptors (Lipinski definition) is 3. The summed E-state index contributed by atoms with van der Waals surface area (Å²) in [6.07, 6.45) is -1.81. The lowest BCUT2D eigenvalue weighted by molar-refractivity contribution is -0.00318. The third-order valence-electron chi connectivity index (χ3n) is 1.66. The van der Waals surface area contributed by atoms with Crippen molar-refractivity contribution in [2.75, 3.05) is 19.7 Å². The molecule has 5 heteroatoms. The molecule has 0 amide bonds. The van der Waals surface area contributed by atoms with E-state index in [9.17, 15) is 8.78 Å². The monoisotopic (exact) mass is 197 g/mol. The number of alkyl halides is 2. The van der Waals surface area contributed by atoms with Crippen LogP contribution in [0.5, 0.6) is 0 Å². The van der Waals surface area contributed by atoms with Crippen molar-refractivity contribution in [1.29, 1.82) is 0 Å². The van der Waals surface area contributed by atoms with Gasteiger partial charge in [0.1, 0.15) is 6.10 Å². The molecule has 13 heavy (non-hydrogen) atoms. The van der Waals surface area contributed by atoms with Gasteiger partial charge in [0.15, 0.2) is 0 Å². The highest BCUT2D eigenvalue weighted by atomic mass is 19.3. The van der Waals surface area contributed by atoms with Gasteiger partial charge in [-0.3, -0.25) is 0 Å². The molecule has 0 aromatic heterocycles. The Morgan fingerprint density at radius 3 is 2.38 bits per heavy atom. The second kappa shape index (κ2) is 8.34. The minimum absolute atomic E-state index is 0.0726. The summed E-state index contributed by atoms with van der Waals surface area (Å²) in [5, 5.41) is 19.8. The number of hydrogen-bond donors (Lipinski definition) is 3. The van der Waals surface area contributed by atoms with Crippen LogP contribution in [0.15, 0.2) is 0 Å². The molecule has 0 bridgehead atoms. The highest BCUT2D eigenvalue weighted by Gasteiger charge is 2.15. The fraction of sp³-hybridized carbons (Fsp3) is 1.00. The van der Waals surface area contributed by atoms with E-state index < -0.39 is 12.5 Å². The third kappa shape index (κ3) is 8.08. The first-order valence-electron chi connectivity index (χ1n) is 4.46. The molecule has 0 aliphatic heterocycles. The third-order valence-corrected chi connectivity index (χ3v) is 1.66. The van der Waals surface area contributed by atoms with E-state index >= 15 is 0 Å². The number of halogens is 2. The van der Waals surface area contributed by atoms with Crippen LogP contribution in [0.25, 0.3) is 0 Å². The second-order valence-corrected chi connectivity index (χ2v) is 2.89. The molecule has 0 heterocycles. The summed E-state index contributed by atoms with van der Waals surface area (Å²) in [7, 11) is 0. The second-order valence-electron chi connectivity index (χ2n) is 2.89. The number of aliphatic hydroxyl groups is 2. The molecule has 0 spiro atoms. The Labute approximate surface area is 76.8 Å². The number of rotatable bonds is 8. The van der Waals surface area contributed by atoms with Crippen molar-refractivity contribution in [2.45, 2.75) is 31.8 Å². The van der Waals surface area contributed by atoms with E-state index in [1.54, 1.807) is 0 Å². The number of unbranched alkanes of at least 4 members (excludes halogenated alkanes) is 2. The molecule has 80 valence electrons. The molecule has 0 aromatic rings. The minimum atomic E-state index is -2.68. The van der Waals surface area contributed by atoms with Crippen LogP contribution >= 0.6 is 0 Å². The van der Waals surface area contributed by atoms with Crippen LogP contribution in [0.3, 0.4) is 0 Å². The average Bonchev–Trinajstić information content (AvgIpc) is 2.10. The van der Waals surface area contributed by atoms with Crippen molar-refractivity contribution in [3.8, 4) is 0 Å². The molecule has 0 fully saturated rings. The van der Waals surface area contributed by atoms with Gasteiger partial charge in [0.2, 0.25) is 0 Å². The molecule has 0 aliphatic carbocycles. The van der Waals surface area contributed by atoms with Gasteiger partial charge >= 0.3 is 0 Å². The molecule has 1 atom stereocenters. The Morgan fingerprint density at radius 1 is 1.15 bits per heavy atom. The Kier molecular flexibility index (Phi) is 8.18. The van der Waals surface area contributed by atoms with Crippen LogP contribution in [0, 0.1) is 0 Å². The molecule has 0 saturated carbocycles. The van der Waals surface area contributed by atoms with Crippen molar-refractivity contribution >= 4 is 0 Å². The normalized spacial score (nSPS) is 13.6. The van der Waals surface area contributed by atoms with Crippen molar-refractivity contribution < 1.29 is 19.0 Å². The predicted octanol–water partition coefficient (Wildman–Crippen LogP) is 0.365. The Morgan fingerprint density at radius 2 is 1.85 bits per heavy atom. The molecule has 0 aliphatic rings. The molecular formula is C8H17F2NO2. The van der Waals surface area contributed by atoms with Crippen molar-refractivity contribution in [3.63, 3.8) is 0 Å². The van der Waals surface area contributed by atoms with Gasteiger partial charge in [-0.25, -0.2) is 8.78 Å². The maximum atomic E-state index is 11.7. The summed E-state index contributed by atoms with van der Waals surface area (Å²) >= 11 is 0. The molecule has 1 unspecified atom stereocenters. The van der Waals surface area contributed by atoms with E-state index in [-0.39, 0.29) is 13.2 Å². The minimum Gasteiger partial charge on any atom is -0.396 e. The number of aliphatic hydroxyl groups excluding tert-OH is 2. The van der Waals surface area contributed by atoms with Gasteiger partial charge in [0.25, 0.3) is 6.43 Å². The largest absolute Gasteiger partial charge is 0.396 e. The maximum Gasteiger partial charge on any atom is 0.265 e. The van der Waals surface area contributed by atoms with Crippen molar-refractivity contribution in [2.24, 2.45) is 0 Å². The van der Waals surface area contributed by atoms with Gasteiger partial charge < -0.3 is 15.5 Å². The van der Waals surface area contributed by atoms with Gasteiger partial charge in [-0.1, -0.05) is 0 Å². The summed E-state index contributed by atoms with van der Waals surface area (Å²) in [5.74, 6) is 0. The summed E-state index contributed by atoms with van der Waals surface area (Å²) in [6.45, 7) is 0.695. The summed E-state index contributed by atoms with van der Waals surface area (Å²) in [5.41, 5.74) is 0. The molecular weight excluding hydrogens is 180 g/mol. The lowest BCUT2D eigenvalue weighted by Crippen LogP contribution is -2.32. The lowest BCUT2D eigenvalue weighted by Gasteiger charge is -2.09. The summed E-state index contributed by atoms with van der Waals surface area (Å²) < 4.78 is 23.5. The van der Waals surface area contributed by atoms with Crippen LogP contribution < -0.4 is 5.32 Å². The van der Waals surface area contributed by atoms with Gasteiger partial charge in [-0.15, -0.1) is 0 Å². The quantitative estimate of drug-likeness (QED) is 0.493. The maximum absolute atomic E-state index is 11.7. The average molecular weight is 197 g/mol. The zero-order chi connectivity index (χ0) is 10.1. The predicted molar refractivity (Wildman–Crippen MR) is 45.8 cm³/mol. The van der Waals surface area contributed by atoms with E-state index in [1.807, 2.05) is 0 Å². The van der Waals surface area contributed by atoms with E-state index in [0.29, 0.717) is 6.54 Å². The first kappa shape index (κ1) is 12.7. The Bertz CT molecular complexity index is 114. The van der Waals surface area contributed by atoms with E-state index in [1.165, 1.54) is 0 Å². The molecule has 0 aromatic carbocycles. The van der Waals surface area contributed by atoms with Gasteiger partial charge in [0, 0.05) is 13.2 Å². The number of nitrogens with one attached hydrogen (secondary N) is 1. The first-order valence-corrected chi connectivity index (χ1v) is 4.46. The topological polar surface area (TPSA) is 52.5 Å². The van der Waals surface area contributed by atoms with Crippen LogP contribution in [-0.4, -0.2) is 42.4 Å². The fourth-order valence-electron chi connectivity index (χ4n) is 0.878. The molecule has 3 nitrogen and oxygen atoms in total. The zero-order valence-corrected chi connectivity index (χ0v) is 7.55. The smallest absolute Gasteiger partial charge is 0.265 e. The summed E-state index contributed by atoms with van der Waals surface area (Å²) in [4.78, 5) is 0. The first-order chi connectivity index (χ1) is 6.18. The standard InChI is InChI=1S/C8H17F2NO2/c9-8(10)7(13)6-11-4-2-1-3-5-12/h7-8,11-13H,1-6H2. The summed E-state index contributed by atoms with van der Waals surface area (Å²) in [6, 6.07) is 0. The van der Waals surface area contributed by atoms with Crippen LogP contribution in [0.2, 0.25) is 0 Å². The fourth-order valence-corrected chi connectivity index (χ4v) is 0.878. The van der Waals surface area contributed by atoms with Crippen molar-refractivity contribution in [3.05, 3.63) is 0 Å². The van der Waals surface area contributed by atoms with E-state index in [4.69, 9.17) is 10.2 Å². The zero-order valence-electron chi connectivity index (χ0n) is 7.55. The van der Waals surface area contributed by atoms with Crippen LogP contribution in [0.4, 0.5) is 8.78 Å². The lowest BCUT2D eigenvalue weighted by atomic mass is 10.2. The van der Waals surface area contributed by atoms with Gasteiger partial charge in [0.05, 0.1) is 0 Å². The Hall–Kier alpha value is -0.260. The highest BCUT2D eigenvalue weighted by molar-refractivity contribution is 4.61. The van der Waals surface area contributed by atoms with Crippen molar-refractivity contribution in [1.82, 2.24) is 5.32 Å². The highest BCUT2D eigenvalue weighted by Crippen LogP contribution is 1.98. The van der Waals surface area contributed by atoms with Gasteiger partial charge in [-0.2, -0.15) is 0 Å². The molecule has 0 saturated heterocycles. The van der Waals surface area contributed by atoms with Crippen LogP contribution in [0.1, 0.15) is 19.3 Å². The molecule has 0 radical (unpaired) electrons. The SMILES string of the molecule is OCCCCCNCC(O)C(F)F. The van der Waals surface area contributed by atoms with E-state index in [2.05, 4.69) is 5.32 Å². The molecule has 3 N–H and O–H groups in total. The van der Waals surface area contributed by atoms with Gasteiger partial charge in [-0.05, 0) is 25.8 Å².